The zero-order valence-corrected chi connectivity index (χ0v) is 7.25. The highest BCUT2D eigenvalue weighted by Crippen LogP contribution is 2.10. The van der Waals surface area contributed by atoms with Crippen LogP contribution in [0.5, 0.6) is 0 Å². The van der Waals surface area contributed by atoms with Gasteiger partial charge in [-0.3, -0.25) is 0 Å². The van der Waals surface area contributed by atoms with Crippen LogP contribution in [-0.2, 0) is 6.42 Å². The van der Waals surface area contributed by atoms with Crippen molar-refractivity contribution in [3.8, 4) is 0 Å². The SMILES string of the molecule is C[B]C(C)Cc1ccccc1. The Labute approximate surface area is 69.9 Å². The monoisotopic (exact) mass is 145 g/mol. The van der Waals surface area contributed by atoms with Gasteiger partial charge >= 0.3 is 0 Å². The van der Waals surface area contributed by atoms with Gasteiger partial charge in [0.2, 0.25) is 0 Å². The number of hydrogen-bond donors (Lipinski definition) is 0. The largest absolute Gasteiger partial charge is 0.110 e. The summed E-state index contributed by atoms with van der Waals surface area (Å²) in [5, 5.41) is 0. The normalized spacial score (nSPS) is 12.5. The molecule has 0 saturated carbocycles. The van der Waals surface area contributed by atoms with Gasteiger partial charge < -0.3 is 0 Å². The molecule has 0 nitrogen and oxygen atoms in total. The van der Waals surface area contributed by atoms with Gasteiger partial charge in [0.25, 0.3) is 0 Å². The first-order valence-corrected chi connectivity index (χ1v) is 4.16. The third-order valence-corrected chi connectivity index (χ3v) is 1.97. The van der Waals surface area contributed by atoms with Crippen LogP contribution in [0.1, 0.15) is 12.5 Å². The van der Waals surface area contributed by atoms with Crippen molar-refractivity contribution in [1.82, 2.24) is 0 Å². The second-order valence-corrected chi connectivity index (χ2v) is 3.00. The molecule has 1 aromatic rings. The highest BCUT2D eigenvalue weighted by atomic mass is 14.0. The highest BCUT2D eigenvalue weighted by molar-refractivity contribution is 6.35. The maximum Gasteiger partial charge on any atom is 0.110 e. The Bertz CT molecular complexity index is 193. The first-order chi connectivity index (χ1) is 5.33. The Kier molecular flexibility index (Phi) is 3.22. The van der Waals surface area contributed by atoms with E-state index < -0.39 is 0 Å². The molecule has 1 rings (SSSR count). The molecule has 57 valence electrons. The molecule has 0 aliphatic rings. The molecule has 1 atom stereocenters. The molecule has 0 bridgehead atoms. The summed E-state index contributed by atoms with van der Waals surface area (Å²) in [5.41, 5.74) is 1.43. The first kappa shape index (κ1) is 8.38. The Balaban J connectivity index is 2.51. The molecule has 0 N–H and O–H groups in total. The Morgan fingerprint density at radius 3 is 2.45 bits per heavy atom. The van der Waals surface area contributed by atoms with Gasteiger partial charge in [0, 0.05) is 0 Å². The maximum absolute atomic E-state index is 2.24. The summed E-state index contributed by atoms with van der Waals surface area (Å²) >= 11 is 0. The standard InChI is InChI=1S/C10H14B/c1-9(11-2)8-10-6-4-3-5-7-10/h3-7,9H,8H2,1-2H3. The van der Waals surface area contributed by atoms with Crippen molar-refractivity contribution in [1.29, 1.82) is 0 Å². The smallest absolute Gasteiger partial charge is 0.0917 e. The topological polar surface area (TPSA) is 0 Å². The van der Waals surface area contributed by atoms with Crippen molar-refractivity contribution in [2.24, 2.45) is 0 Å². The van der Waals surface area contributed by atoms with E-state index in [0.717, 1.165) is 6.42 Å². The van der Waals surface area contributed by atoms with Gasteiger partial charge in [0.15, 0.2) is 0 Å². The number of hydrogen-bond acceptors (Lipinski definition) is 0. The molecule has 0 amide bonds. The van der Waals surface area contributed by atoms with Crippen LogP contribution in [0.2, 0.25) is 12.6 Å². The van der Waals surface area contributed by atoms with Gasteiger partial charge in [-0.15, -0.1) is 0 Å². The average Bonchev–Trinajstić information content (AvgIpc) is 2.06. The predicted octanol–water partition coefficient (Wildman–Crippen LogP) is 2.79. The van der Waals surface area contributed by atoms with Gasteiger partial charge in [-0.25, -0.2) is 0 Å². The van der Waals surface area contributed by atoms with Crippen LogP contribution in [-0.4, -0.2) is 7.28 Å². The van der Waals surface area contributed by atoms with Gasteiger partial charge in [-0.05, 0) is 12.0 Å². The molecule has 0 saturated heterocycles. The minimum absolute atomic E-state index is 0.692. The number of rotatable bonds is 3. The highest BCUT2D eigenvalue weighted by Gasteiger charge is 1.99. The Morgan fingerprint density at radius 1 is 1.27 bits per heavy atom. The van der Waals surface area contributed by atoms with Crippen molar-refractivity contribution in [2.45, 2.75) is 26.0 Å². The lowest BCUT2D eigenvalue weighted by Crippen LogP contribution is -1.98. The predicted molar refractivity (Wildman–Crippen MR) is 51.2 cm³/mol. The summed E-state index contributed by atoms with van der Waals surface area (Å²) in [6.45, 7) is 4.36. The minimum atomic E-state index is 0.692. The lowest BCUT2D eigenvalue weighted by molar-refractivity contribution is 0.905. The van der Waals surface area contributed by atoms with Gasteiger partial charge in [-0.2, -0.15) is 0 Å². The molecule has 0 aliphatic carbocycles. The molecule has 1 unspecified atom stereocenters. The molecule has 1 aromatic carbocycles. The van der Waals surface area contributed by atoms with E-state index in [4.69, 9.17) is 0 Å². The molecule has 1 heteroatoms. The fourth-order valence-electron chi connectivity index (χ4n) is 1.10. The Hall–Kier alpha value is -0.715. The minimum Gasteiger partial charge on any atom is -0.0917 e. The van der Waals surface area contributed by atoms with E-state index in [2.05, 4.69) is 51.4 Å². The van der Waals surface area contributed by atoms with Crippen LogP contribution >= 0.6 is 0 Å². The van der Waals surface area contributed by atoms with Crippen LogP contribution in [0.4, 0.5) is 0 Å². The summed E-state index contributed by atoms with van der Waals surface area (Å²) in [6, 6.07) is 10.6. The summed E-state index contributed by atoms with van der Waals surface area (Å²) in [4.78, 5) is 0. The van der Waals surface area contributed by atoms with Crippen molar-refractivity contribution < 1.29 is 0 Å². The van der Waals surface area contributed by atoms with E-state index in [0.29, 0.717) is 5.82 Å². The second kappa shape index (κ2) is 4.22. The second-order valence-electron chi connectivity index (χ2n) is 3.00. The fraction of sp³-hybridized carbons (Fsp3) is 0.400. The van der Waals surface area contributed by atoms with E-state index in [1.54, 1.807) is 0 Å². The van der Waals surface area contributed by atoms with Gasteiger partial charge in [-0.1, -0.05) is 49.9 Å². The molecule has 1 radical (unpaired) electrons. The summed E-state index contributed by atoms with van der Waals surface area (Å²) < 4.78 is 0. The lowest BCUT2D eigenvalue weighted by Gasteiger charge is -2.06. The lowest BCUT2D eigenvalue weighted by atomic mass is 9.66. The van der Waals surface area contributed by atoms with Crippen LogP contribution in [0.25, 0.3) is 0 Å². The maximum atomic E-state index is 2.24. The van der Waals surface area contributed by atoms with Crippen LogP contribution in [0.3, 0.4) is 0 Å². The van der Waals surface area contributed by atoms with Crippen molar-refractivity contribution in [2.75, 3.05) is 0 Å². The van der Waals surface area contributed by atoms with Crippen LogP contribution in [0, 0.1) is 0 Å². The number of benzene rings is 1. The van der Waals surface area contributed by atoms with Gasteiger partial charge in [0.05, 0.1) is 0 Å². The molecular formula is C10H14B. The van der Waals surface area contributed by atoms with Crippen LogP contribution in [0.15, 0.2) is 30.3 Å². The molecule has 0 aromatic heterocycles. The molecule has 0 heterocycles. The molecule has 0 spiro atoms. The quantitative estimate of drug-likeness (QED) is 0.573. The molecule has 0 aliphatic heterocycles. The zero-order chi connectivity index (χ0) is 8.10. The summed E-state index contributed by atoms with van der Waals surface area (Å²) in [5.74, 6) is 0.692. The Morgan fingerprint density at radius 2 is 1.91 bits per heavy atom. The molecule has 11 heavy (non-hydrogen) atoms. The van der Waals surface area contributed by atoms with Crippen molar-refractivity contribution >= 4 is 7.28 Å². The zero-order valence-electron chi connectivity index (χ0n) is 7.25. The van der Waals surface area contributed by atoms with E-state index in [-0.39, 0.29) is 0 Å². The van der Waals surface area contributed by atoms with Gasteiger partial charge in [0.1, 0.15) is 7.28 Å². The average molecular weight is 145 g/mol. The fourth-order valence-corrected chi connectivity index (χ4v) is 1.10. The van der Waals surface area contributed by atoms with Crippen molar-refractivity contribution in [3.05, 3.63) is 35.9 Å². The third-order valence-electron chi connectivity index (χ3n) is 1.97. The molecule has 0 fully saturated rings. The van der Waals surface area contributed by atoms with E-state index in [1.807, 2.05) is 0 Å². The van der Waals surface area contributed by atoms with Crippen molar-refractivity contribution in [3.63, 3.8) is 0 Å². The van der Waals surface area contributed by atoms with E-state index >= 15 is 0 Å². The summed E-state index contributed by atoms with van der Waals surface area (Å²) in [6.07, 6.45) is 1.16. The summed E-state index contributed by atoms with van der Waals surface area (Å²) in [7, 11) is 2.24. The molecular weight excluding hydrogens is 131 g/mol. The third kappa shape index (κ3) is 2.79. The van der Waals surface area contributed by atoms with E-state index in [9.17, 15) is 0 Å². The first-order valence-electron chi connectivity index (χ1n) is 4.16. The van der Waals surface area contributed by atoms with Crippen LogP contribution < -0.4 is 0 Å². The van der Waals surface area contributed by atoms with E-state index in [1.165, 1.54) is 5.56 Å².